The standard InChI is InChI=1S/C9H17NO2/c1-8(2)5-6-10(7(8)11)9(3,4)12/h12H,5-6H2,1-4H3. The number of hydrogen-bond acceptors (Lipinski definition) is 2. The van der Waals surface area contributed by atoms with Gasteiger partial charge >= 0.3 is 0 Å². The summed E-state index contributed by atoms with van der Waals surface area (Å²) in [7, 11) is 0. The van der Waals surface area contributed by atoms with Crippen LogP contribution in [0.5, 0.6) is 0 Å². The Labute approximate surface area is 73.4 Å². The van der Waals surface area contributed by atoms with Crippen molar-refractivity contribution in [2.24, 2.45) is 5.41 Å². The van der Waals surface area contributed by atoms with Gasteiger partial charge in [-0.05, 0) is 20.3 Å². The van der Waals surface area contributed by atoms with Gasteiger partial charge in [-0.1, -0.05) is 13.8 Å². The number of hydrogen-bond donors (Lipinski definition) is 1. The molecule has 1 saturated heterocycles. The molecule has 1 rings (SSSR count). The molecule has 3 nitrogen and oxygen atoms in total. The molecule has 0 aromatic heterocycles. The molecule has 0 unspecified atom stereocenters. The average molecular weight is 171 g/mol. The fraction of sp³-hybridized carbons (Fsp3) is 0.889. The number of likely N-dealkylation sites (tertiary alicyclic amines) is 1. The molecule has 1 heterocycles. The minimum atomic E-state index is -1.01. The van der Waals surface area contributed by atoms with E-state index in [1.807, 2.05) is 13.8 Å². The van der Waals surface area contributed by atoms with Crippen LogP contribution in [-0.2, 0) is 4.79 Å². The summed E-state index contributed by atoms with van der Waals surface area (Å²) < 4.78 is 0. The second kappa shape index (κ2) is 2.46. The lowest BCUT2D eigenvalue weighted by atomic mass is 9.92. The van der Waals surface area contributed by atoms with Crippen LogP contribution in [0.2, 0.25) is 0 Å². The number of carbonyl (C=O) groups is 1. The molecule has 0 aromatic carbocycles. The number of carbonyl (C=O) groups excluding carboxylic acids is 1. The fourth-order valence-electron chi connectivity index (χ4n) is 1.49. The molecule has 0 spiro atoms. The van der Waals surface area contributed by atoms with Gasteiger partial charge in [-0.25, -0.2) is 0 Å². The zero-order valence-corrected chi connectivity index (χ0v) is 8.22. The van der Waals surface area contributed by atoms with Crippen LogP contribution < -0.4 is 0 Å². The Morgan fingerprint density at radius 2 is 2.00 bits per heavy atom. The molecular formula is C9H17NO2. The molecule has 0 aliphatic carbocycles. The average Bonchev–Trinajstić information content (AvgIpc) is 2.06. The Balaban J connectivity index is 2.82. The molecule has 1 fully saturated rings. The van der Waals surface area contributed by atoms with Gasteiger partial charge in [-0.15, -0.1) is 0 Å². The van der Waals surface area contributed by atoms with Crippen LogP contribution in [0.25, 0.3) is 0 Å². The van der Waals surface area contributed by atoms with Crippen molar-refractivity contribution in [3.8, 4) is 0 Å². The molecule has 0 saturated carbocycles. The van der Waals surface area contributed by atoms with Gasteiger partial charge in [0.05, 0.1) is 0 Å². The first-order chi connectivity index (χ1) is 5.25. The smallest absolute Gasteiger partial charge is 0.230 e. The summed E-state index contributed by atoms with van der Waals surface area (Å²) in [5, 5.41) is 9.63. The van der Waals surface area contributed by atoms with Crippen molar-refractivity contribution in [1.82, 2.24) is 4.90 Å². The van der Waals surface area contributed by atoms with Crippen LogP contribution >= 0.6 is 0 Å². The monoisotopic (exact) mass is 171 g/mol. The van der Waals surface area contributed by atoms with Crippen LogP contribution in [0.3, 0.4) is 0 Å². The Morgan fingerprint density at radius 3 is 2.17 bits per heavy atom. The maximum Gasteiger partial charge on any atom is 0.230 e. The third kappa shape index (κ3) is 1.46. The minimum Gasteiger partial charge on any atom is -0.371 e. The Bertz CT molecular complexity index is 203. The fourth-order valence-corrected chi connectivity index (χ4v) is 1.49. The van der Waals surface area contributed by atoms with E-state index in [4.69, 9.17) is 0 Å². The number of nitrogens with zero attached hydrogens (tertiary/aromatic N) is 1. The zero-order valence-electron chi connectivity index (χ0n) is 8.22. The SMILES string of the molecule is CC1(C)CCN(C(C)(C)O)C1=O. The normalized spacial score (nSPS) is 23.4. The lowest BCUT2D eigenvalue weighted by Gasteiger charge is -2.31. The molecule has 70 valence electrons. The lowest BCUT2D eigenvalue weighted by molar-refractivity contribution is -0.152. The van der Waals surface area contributed by atoms with E-state index in [9.17, 15) is 9.90 Å². The van der Waals surface area contributed by atoms with Crippen molar-refractivity contribution in [3.05, 3.63) is 0 Å². The van der Waals surface area contributed by atoms with Crippen molar-refractivity contribution in [2.45, 2.75) is 39.8 Å². The highest BCUT2D eigenvalue weighted by Gasteiger charge is 2.43. The minimum absolute atomic E-state index is 0.0509. The third-order valence-electron chi connectivity index (χ3n) is 2.45. The molecule has 1 aliphatic heterocycles. The highest BCUT2D eigenvalue weighted by molar-refractivity contribution is 5.84. The Morgan fingerprint density at radius 1 is 1.50 bits per heavy atom. The molecule has 0 atom stereocenters. The first-order valence-electron chi connectivity index (χ1n) is 4.29. The zero-order chi connectivity index (χ0) is 9.57. The predicted octanol–water partition coefficient (Wildman–Crippen LogP) is 0.973. The van der Waals surface area contributed by atoms with Crippen molar-refractivity contribution in [2.75, 3.05) is 6.54 Å². The van der Waals surface area contributed by atoms with E-state index in [1.165, 1.54) is 4.90 Å². The van der Waals surface area contributed by atoms with E-state index in [1.54, 1.807) is 13.8 Å². The molecule has 0 bridgehead atoms. The molecule has 0 radical (unpaired) electrons. The molecule has 1 amide bonds. The van der Waals surface area contributed by atoms with Crippen molar-refractivity contribution < 1.29 is 9.90 Å². The highest BCUT2D eigenvalue weighted by Crippen LogP contribution is 2.33. The van der Waals surface area contributed by atoms with Crippen LogP contribution in [0.4, 0.5) is 0 Å². The van der Waals surface area contributed by atoms with E-state index in [2.05, 4.69) is 0 Å². The molecule has 12 heavy (non-hydrogen) atoms. The summed E-state index contributed by atoms with van der Waals surface area (Å²) in [6.45, 7) is 7.79. The maximum absolute atomic E-state index is 11.6. The number of amides is 1. The second-order valence-corrected chi connectivity index (χ2v) is 4.59. The summed E-state index contributed by atoms with van der Waals surface area (Å²) in [5.41, 5.74) is -1.30. The Hall–Kier alpha value is -0.570. The first-order valence-corrected chi connectivity index (χ1v) is 4.29. The molecule has 1 aliphatic rings. The molecule has 0 aromatic rings. The second-order valence-electron chi connectivity index (χ2n) is 4.59. The largest absolute Gasteiger partial charge is 0.371 e. The van der Waals surface area contributed by atoms with Gasteiger partial charge in [0.25, 0.3) is 0 Å². The first kappa shape index (κ1) is 9.52. The van der Waals surface area contributed by atoms with E-state index < -0.39 is 5.72 Å². The third-order valence-corrected chi connectivity index (χ3v) is 2.45. The number of aliphatic hydroxyl groups is 1. The van der Waals surface area contributed by atoms with E-state index in [-0.39, 0.29) is 11.3 Å². The number of rotatable bonds is 1. The van der Waals surface area contributed by atoms with Gasteiger partial charge in [-0.3, -0.25) is 4.79 Å². The van der Waals surface area contributed by atoms with Crippen molar-refractivity contribution in [3.63, 3.8) is 0 Å². The van der Waals surface area contributed by atoms with Gasteiger partial charge in [0.1, 0.15) is 5.72 Å². The Kier molecular flexibility index (Phi) is 1.95. The highest BCUT2D eigenvalue weighted by atomic mass is 16.3. The maximum atomic E-state index is 11.6. The van der Waals surface area contributed by atoms with Gasteiger partial charge in [0, 0.05) is 12.0 Å². The van der Waals surface area contributed by atoms with Crippen LogP contribution in [0.1, 0.15) is 34.1 Å². The van der Waals surface area contributed by atoms with Gasteiger partial charge in [-0.2, -0.15) is 0 Å². The van der Waals surface area contributed by atoms with Crippen LogP contribution in [0, 0.1) is 5.41 Å². The topological polar surface area (TPSA) is 40.5 Å². The van der Waals surface area contributed by atoms with Gasteiger partial charge in [0.15, 0.2) is 0 Å². The summed E-state index contributed by atoms with van der Waals surface area (Å²) in [5.74, 6) is 0.0509. The predicted molar refractivity (Wildman–Crippen MR) is 46.4 cm³/mol. The van der Waals surface area contributed by atoms with Crippen LogP contribution in [-0.4, -0.2) is 28.2 Å². The van der Waals surface area contributed by atoms with Gasteiger partial charge < -0.3 is 10.0 Å². The quantitative estimate of drug-likeness (QED) is 0.638. The summed E-state index contributed by atoms with van der Waals surface area (Å²) in [6.07, 6.45) is 0.829. The van der Waals surface area contributed by atoms with E-state index in [0.29, 0.717) is 6.54 Å². The van der Waals surface area contributed by atoms with E-state index in [0.717, 1.165) is 6.42 Å². The molecule has 3 heteroatoms. The summed E-state index contributed by atoms with van der Waals surface area (Å²) >= 11 is 0. The van der Waals surface area contributed by atoms with Crippen molar-refractivity contribution in [1.29, 1.82) is 0 Å². The van der Waals surface area contributed by atoms with Crippen LogP contribution in [0.15, 0.2) is 0 Å². The van der Waals surface area contributed by atoms with Crippen molar-refractivity contribution >= 4 is 5.91 Å². The molecule has 1 N–H and O–H groups in total. The van der Waals surface area contributed by atoms with Gasteiger partial charge in [0.2, 0.25) is 5.91 Å². The summed E-state index contributed by atoms with van der Waals surface area (Å²) in [4.78, 5) is 13.2. The molecular weight excluding hydrogens is 154 g/mol. The lowest BCUT2D eigenvalue weighted by Crippen LogP contribution is -2.46. The van der Waals surface area contributed by atoms with E-state index >= 15 is 0 Å². The summed E-state index contributed by atoms with van der Waals surface area (Å²) in [6, 6.07) is 0.